The molecule has 2 heterocycles. The highest BCUT2D eigenvalue weighted by molar-refractivity contribution is 8.00. The molecule has 1 atom stereocenters. The first-order valence-corrected chi connectivity index (χ1v) is 13.3. The molecular formula is C21H29N5O4S2. The first-order valence-electron chi connectivity index (χ1n) is 11.0. The molecule has 11 heteroatoms. The van der Waals surface area contributed by atoms with Crippen molar-refractivity contribution in [2.45, 2.75) is 54.3 Å². The Morgan fingerprint density at radius 3 is 2.62 bits per heavy atom. The Kier molecular flexibility index (Phi) is 7.49. The smallest absolute Gasteiger partial charge is 0.243 e. The van der Waals surface area contributed by atoms with Crippen LogP contribution in [0.5, 0.6) is 0 Å². The number of benzene rings is 1. The Balaban J connectivity index is 1.31. The second-order valence-corrected chi connectivity index (χ2v) is 11.5. The van der Waals surface area contributed by atoms with Crippen LogP contribution >= 0.6 is 11.8 Å². The number of hydrogen-bond acceptors (Lipinski definition) is 7. The zero-order chi connectivity index (χ0) is 22.6. The maximum Gasteiger partial charge on any atom is 0.243 e. The fourth-order valence-electron chi connectivity index (χ4n) is 4.01. The van der Waals surface area contributed by atoms with Crippen LogP contribution in [0.2, 0.25) is 0 Å². The Labute approximate surface area is 192 Å². The molecule has 174 valence electrons. The summed E-state index contributed by atoms with van der Waals surface area (Å²) in [6, 6.07) is 6.25. The van der Waals surface area contributed by atoms with Crippen LogP contribution in [0.1, 0.15) is 38.4 Å². The Morgan fingerprint density at radius 2 is 1.94 bits per heavy atom. The number of H-pyrrole nitrogens is 1. The molecule has 1 aromatic heterocycles. The first-order chi connectivity index (χ1) is 15.4. The normalized spacial score (nSPS) is 19.2. The third-order valence-electron chi connectivity index (χ3n) is 5.85. The SMILES string of the molecule is C[C@@H](Sc1n[nH]c(CC2CCCC2)n1)C(=O)Nc1ccc(S(=O)(=O)N2CCOCC2)cc1. The number of thioether (sulfide) groups is 1. The van der Waals surface area contributed by atoms with E-state index in [9.17, 15) is 13.2 Å². The van der Waals surface area contributed by atoms with E-state index in [2.05, 4.69) is 20.5 Å². The van der Waals surface area contributed by atoms with Gasteiger partial charge in [-0.3, -0.25) is 9.89 Å². The monoisotopic (exact) mass is 479 g/mol. The third kappa shape index (κ3) is 5.69. The van der Waals surface area contributed by atoms with Crippen molar-refractivity contribution in [3.63, 3.8) is 0 Å². The molecule has 1 saturated heterocycles. The molecule has 0 bridgehead atoms. The summed E-state index contributed by atoms with van der Waals surface area (Å²) in [5.41, 5.74) is 0.542. The molecule has 2 aromatic rings. The lowest BCUT2D eigenvalue weighted by Crippen LogP contribution is -2.40. The van der Waals surface area contributed by atoms with E-state index in [-0.39, 0.29) is 10.8 Å². The van der Waals surface area contributed by atoms with Gasteiger partial charge in [-0.1, -0.05) is 37.4 Å². The van der Waals surface area contributed by atoms with Gasteiger partial charge in [-0.25, -0.2) is 13.4 Å². The van der Waals surface area contributed by atoms with E-state index in [0.29, 0.717) is 43.1 Å². The maximum atomic E-state index is 12.7. The molecule has 32 heavy (non-hydrogen) atoms. The van der Waals surface area contributed by atoms with Crippen molar-refractivity contribution in [2.24, 2.45) is 5.92 Å². The lowest BCUT2D eigenvalue weighted by molar-refractivity contribution is -0.115. The second kappa shape index (κ2) is 10.3. The molecule has 0 spiro atoms. The summed E-state index contributed by atoms with van der Waals surface area (Å²) in [7, 11) is -3.55. The molecule has 4 rings (SSSR count). The molecule has 1 amide bonds. The number of sulfonamides is 1. The average molecular weight is 480 g/mol. The van der Waals surface area contributed by atoms with Gasteiger partial charge in [0, 0.05) is 25.2 Å². The highest BCUT2D eigenvalue weighted by atomic mass is 32.2. The van der Waals surface area contributed by atoms with Crippen LogP contribution in [0, 0.1) is 5.92 Å². The number of nitrogens with one attached hydrogen (secondary N) is 2. The molecular weight excluding hydrogens is 450 g/mol. The van der Waals surface area contributed by atoms with Crippen molar-refractivity contribution in [2.75, 3.05) is 31.6 Å². The average Bonchev–Trinajstić information content (AvgIpc) is 3.47. The molecule has 2 fully saturated rings. The van der Waals surface area contributed by atoms with Crippen LogP contribution in [-0.2, 0) is 26.0 Å². The van der Waals surface area contributed by atoms with Gasteiger partial charge in [0.1, 0.15) is 5.82 Å². The number of rotatable bonds is 8. The molecule has 0 unspecified atom stereocenters. The van der Waals surface area contributed by atoms with Crippen molar-refractivity contribution in [1.29, 1.82) is 0 Å². The van der Waals surface area contributed by atoms with E-state index in [0.717, 1.165) is 12.2 Å². The number of aromatic nitrogens is 3. The quantitative estimate of drug-likeness (QED) is 0.559. The molecule has 9 nitrogen and oxygen atoms in total. The van der Waals surface area contributed by atoms with Crippen LogP contribution < -0.4 is 5.32 Å². The zero-order valence-electron chi connectivity index (χ0n) is 18.1. The standard InChI is InChI=1S/C21H29N5O4S2/c1-15(31-21-23-19(24-25-21)14-16-4-2-3-5-16)20(27)22-17-6-8-18(9-7-17)32(28,29)26-10-12-30-13-11-26/h6-9,15-16H,2-5,10-14H2,1H3,(H,22,27)(H,23,24,25)/t15-/m1/s1. The van der Waals surface area contributed by atoms with Gasteiger partial charge < -0.3 is 10.1 Å². The zero-order valence-corrected chi connectivity index (χ0v) is 19.8. The summed E-state index contributed by atoms with van der Waals surface area (Å²) in [4.78, 5) is 17.3. The Bertz CT molecular complexity index is 1010. The topological polar surface area (TPSA) is 117 Å². The largest absolute Gasteiger partial charge is 0.379 e. The van der Waals surface area contributed by atoms with E-state index in [1.165, 1.54) is 53.9 Å². The number of nitrogens with zero attached hydrogens (tertiary/aromatic N) is 3. The highest BCUT2D eigenvalue weighted by Gasteiger charge is 2.26. The van der Waals surface area contributed by atoms with Crippen molar-refractivity contribution in [3.05, 3.63) is 30.1 Å². The van der Waals surface area contributed by atoms with Crippen molar-refractivity contribution >= 4 is 33.4 Å². The van der Waals surface area contributed by atoms with E-state index in [1.807, 2.05) is 0 Å². The lowest BCUT2D eigenvalue weighted by Gasteiger charge is -2.26. The molecule has 2 N–H and O–H groups in total. The number of carbonyl (C=O) groups excluding carboxylic acids is 1. The van der Waals surface area contributed by atoms with Crippen LogP contribution in [0.3, 0.4) is 0 Å². The first kappa shape index (κ1) is 23.2. The van der Waals surface area contributed by atoms with E-state index < -0.39 is 15.3 Å². The van der Waals surface area contributed by atoms with E-state index in [1.54, 1.807) is 19.1 Å². The van der Waals surface area contributed by atoms with Crippen molar-refractivity contribution < 1.29 is 17.9 Å². The van der Waals surface area contributed by atoms with E-state index in [4.69, 9.17) is 4.74 Å². The maximum absolute atomic E-state index is 12.7. The summed E-state index contributed by atoms with van der Waals surface area (Å²) in [6.07, 6.45) is 5.98. The minimum Gasteiger partial charge on any atom is -0.379 e. The van der Waals surface area contributed by atoms with Crippen LogP contribution in [0.25, 0.3) is 0 Å². The summed E-state index contributed by atoms with van der Waals surface area (Å²) in [5, 5.41) is 10.2. The predicted octanol–water partition coefficient (Wildman–Crippen LogP) is 2.68. The Hall–Kier alpha value is -1.95. The minimum absolute atomic E-state index is 0.194. The highest BCUT2D eigenvalue weighted by Crippen LogP contribution is 2.28. The number of aromatic amines is 1. The summed E-state index contributed by atoms with van der Waals surface area (Å²) in [6.45, 7) is 3.29. The molecule has 1 aliphatic heterocycles. The molecule has 2 aliphatic rings. The minimum atomic E-state index is -3.55. The molecule has 1 aliphatic carbocycles. The van der Waals surface area contributed by atoms with Crippen molar-refractivity contribution in [1.82, 2.24) is 19.5 Å². The molecule has 0 radical (unpaired) electrons. The fraction of sp³-hybridized carbons (Fsp3) is 0.571. The van der Waals surface area contributed by atoms with Gasteiger partial charge in [-0.05, 0) is 37.1 Å². The number of hydrogen-bond donors (Lipinski definition) is 2. The fourth-order valence-corrected chi connectivity index (χ4v) is 6.16. The van der Waals surface area contributed by atoms with Gasteiger partial charge in [-0.2, -0.15) is 4.31 Å². The van der Waals surface area contributed by atoms with Crippen molar-refractivity contribution in [3.8, 4) is 0 Å². The second-order valence-electron chi connectivity index (χ2n) is 8.21. The number of morpholine rings is 1. The predicted molar refractivity (Wildman–Crippen MR) is 122 cm³/mol. The molecule has 1 saturated carbocycles. The number of anilines is 1. The lowest BCUT2D eigenvalue weighted by atomic mass is 10.0. The number of carbonyl (C=O) groups is 1. The van der Waals surface area contributed by atoms with Crippen LogP contribution in [0.4, 0.5) is 5.69 Å². The summed E-state index contributed by atoms with van der Waals surface area (Å²) in [5.74, 6) is 1.36. The summed E-state index contributed by atoms with van der Waals surface area (Å²) >= 11 is 1.30. The molecule has 1 aromatic carbocycles. The Morgan fingerprint density at radius 1 is 1.25 bits per heavy atom. The number of amides is 1. The van der Waals surface area contributed by atoms with Crippen LogP contribution in [-0.4, -0.2) is 65.4 Å². The van der Waals surface area contributed by atoms with Gasteiger partial charge in [0.2, 0.25) is 21.1 Å². The third-order valence-corrected chi connectivity index (χ3v) is 8.72. The van der Waals surface area contributed by atoms with Gasteiger partial charge >= 0.3 is 0 Å². The van der Waals surface area contributed by atoms with Crippen LogP contribution in [0.15, 0.2) is 34.3 Å². The van der Waals surface area contributed by atoms with Gasteiger partial charge in [0.05, 0.1) is 23.4 Å². The number of ether oxygens (including phenoxy) is 1. The summed E-state index contributed by atoms with van der Waals surface area (Å²) < 4.78 is 32.1. The van der Waals surface area contributed by atoms with Gasteiger partial charge in [0.15, 0.2) is 0 Å². The van der Waals surface area contributed by atoms with E-state index >= 15 is 0 Å². The van der Waals surface area contributed by atoms with Gasteiger partial charge in [-0.15, -0.1) is 5.10 Å². The van der Waals surface area contributed by atoms with Gasteiger partial charge in [0.25, 0.3) is 0 Å².